The zero-order chi connectivity index (χ0) is 19.8. The smallest absolute Gasteiger partial charge is 0.214 e. The fourth-order valence-electron chi connectivity index (χ4n) is 4.26. The Hall–Kier alpha value is -1.86. The van der Waals surface area contributed by atoms with Gasteiger partial charge < -0.3 is 10.1 Å². The molecule has 0 spiro atoms. The van der Waals surface area contributed by atoms with E-state index in [1.807, 2.05) is 24.3 Å². The van der Waals surface area contributed by atoms with E-state index in [-0.39, 0.29) is 18.5 Å². The van der Waals surface area contributed by atoms with Crippen molar-refractivity contribution in [3.63, 3.8) is 0 Å². The third kappa shape index (κ3) is 4.28. The second-order valence-corrected chi connectivity index (χ2v) is 8.40. The van der Waals surface area contributed by atoms with Crippen LogP contribution in [-0.2, 0) is 13.1 Å². The van der Waals surface area contributed by atoms with E-state index in [0.717, 1.165) is 54.6 Å². The zero-order valence-electron chi connectivity index (χ0n) is 16.2. The van der Waals surface area contributed by atoms with E-state index < -0.39 is 0 Å². The third-order valence-corrected chi connectivity index (χ3v) is 6.10. The number of hydrogen-bond donors (Lipinski definition) is 1. The lowest BCUT2D eigenvalue weighted by atomic mass is 9.86. The summed E-state index contributed by atoms with van der Waals surface area (Å²) in [5.74, 6) is 2.92. The van der Waals surface area contributed by atoms with Gasteiger partial charge in [-0.25, -0.2) is 4.98 Å². The molecule has 6 nitrogen and oxygen atoms in total. The monoisotopic (exact) mass is 465 g/mol. The average Bonchev–Trinajstić information content (AvgIpc) is 3.04. The van der Waals surface area contributed by atoms with Gasteiger partial charge in [0.05, 0.1) is 12.2 Å². The molecule has 0 atom stereocenters. The van der Waals surface area contributed by atoms with E-state index in [0.29, 0.717) is 23.5 Å². The first-order valence-corrected chi connectivity index (χ1v) is 10.7. The van der Waals surface area contributed by atoms with Crippen LogP contribution in [0.2, 0.25) is 10.2 Å². The molecule has 0 bridgehead atoms. The summed E-state index contributed by atoms with van der Waals surface area (Å²) in [4.78, 5) is 4.24. The molecule has 1 aliphatic carbocycles. The number of benzene rings is 1. The minimum absolute atomic E-state index is 0. The number of pyridine rings is 1. The molecule has 0 unspecified atom stereocenters. The largest absolute Gasteiger partial charge is 0.474 e. The summed E-state index contributed by atoms with van der Waals surface area (Å²) in [6.07, 6.45) is 4.05. The molecule has 9 heteroatoms. The molecule has 1 fully saturated rings. The highest BCUT2D eigenvalue weighted by Crippen LogP contribution is 2.36. The predicted molar refractivity (Wildman–Crippen MR) is 119 cm³/mol. The molecule has 0 radical (unpaired) electrons. The maximum Gasteiger partial charge on any atom is 0.214 e. The van der Waals surface area contributed by atoms with Crippen LogP contribution in [0.5, 0.6) is 5.88 Å². The Morgan fingerprint density at radius 3 is 2.63 bits per heavy atom. The highest BCUT2D eigenvalue weighted by atomic mass is 35.5. The normalized spacial score (nSPS) is 20.5. The lowest BCUT2D eigenvalue weighted by molar-refractivity contribution is 0.139. The number of halogens is 3. The van der Waals surface area contributed by atoms with Crippen molar-refractivity contribution >= 4 is 35.6 Å². The van der Waals surface area contributed by atoms with Crippen LogP contribution in [-0.4, -0.2) is 25.9 Å². The van der Waals surface area contributed by atoms with Crippen LogP contribution in [0.1, 0.15) is 48.8 Å². The van der Waals surface area contributed by atoms with E-state index in [2.05, 4.69) is 31.1 Å². The molecule has 1 aromatic carbocycles. The molecule has 2 aromatic heterocycles. The first-order valence-electron chi connectivity index (χ1n) is 9.90. The van der Waals surface area contributed by atoms with Gasteiger partial charge in [-0.15, -0.1) is 22.6 Å². The van der Waals surface area contributed by atoms with Gasteiger partial charge in [-0.05, 0) is 55.5 Å². The van der Waals surface area contributed by atoms with Gasteiger partial charge in [0.25, 0.3) is 0 Å². The Labute approximate surface area is 191 Å². The molecule has 0 amide bonds. The Morgan fingerprint density at radius 2 is 1.83 bits per heavy atom. The van der Waals surface area contributed by atoms with Crippen molar-refractivity contribution in [3.05, 3.63) is 63.8 Å². The minimum atomic E-state index is 0. The van der Waals surface area contributed by atoms with Crippen molar-refractivity contribution < 1.29 is 4.74 Å². The number of rotatable bonds is 3. The topological polar surface area (TPSA) is 64.9 Å². The maximum absolute atomic E-state index is 6.22. The van der Waals surface area contributed by atoms with Crippen molar-refractivity contribution in [2.75, 3.05) is 0 Å². The lowest BCUT2D eigenvalue weighted by Gasteiger charge is -2.28. The van der Waals surface area contributed by atoms with Gasteiger partial charge in [0.1, 0.15) is 17.1 Å². The molecule has 30 heavy (non-hydrogen) atoms. The lowest BCUT2D eigenvalue weighted by Crippen LogP contribution is -2.25. The molecule has 1 saturated carbocycles. The number of aromatic nitrogens is 4. The Morgan fingerprint density at radius 1 is 1.00 bits per heavy atom. The van der Waals surface area contributed by atoms with Crippen molar-refractivity contribution in [2.45, 2.75) is 50.8 Å². The highest BCUT2D eigenvalue weighted by molar-refractivity contribution is 6.30. The van der Waals surface area contributed by atoms with Crippen LogP contribution in [0.3, 0.4) is 0 Å². The summed E-state index contributed by atoms with van der Waals surface area (Å²) >= 11 is 12.2. The average molecular weight is 467 g/mol. The number of nitrogens with zero attached hydrogens (tertiary/aromatic N) is 4. The second-order valence-electron chi connectivity index (χ2n) is 7.58. The molecule has 3 aromatic rings. The van der Waals surface area contributed by atoms with Crippen LogP contribution in [0.15, 0.2) is 36.4 Å². The van der Waals surface area contributed by atoms with Crippen LogP contribution in [0.25, 0.3) is 5.69 Å². The highest BCUT2D eigenvalue weighted by Gasteiger charge is 2.30. The molecule has 5 rings (SSSR count). The van der Waals surface area contributed by atoms with Gasteiger partial charge in [-0.3, -0.25) is 4.57 Å². The van der Waals surface area contributed by atoms with Crippen molar-refractivity contribution in [2.24, 2.45) is 0 Å². The van der Waals surface area contributed by atoms with Gasteiger partial charge >= 0.3 is 0 Å². The first-order chi connectivity index (χ1) is 14.2. The molecule has 2 aliphatic rings. The molecule has 1 N–H and O–H groups in total. The van der Waals surface area contributed by atoms with Gasteiger partial charge in [0.15, 0.2) is 5.82 Å². The van der Waals surface area contributed by atoms with E-state index in [1.54, 1.807) is 6.07 Å². The third-order valence-electron chi connectivity index (χ3n) is 5.65. The maximum atomic E-state index is 6.22. The van der Waals surface area contributed by atoms with Gasteiger partial charge in [-0.2, -0.15) is 0 Å². The predicted octanol–water partition coefficient (Wildman–Crippen LogP) is 5.10. The molecule has 3 heterocycles. The quantitative estimate of drug-likeness (QED) is 0.544. The molecule has 158 valence electrons. The van der Waals surface area contributed by atoms with E-state index in [9.17, 15) is 0 Å². The minimum Gasteiger partial charge on any atom is -0.474 e. The Bertz CT molecular complexity index is 1030. The van der Waals surface area contributed by atoms with Crippen LogP contribution in [0.4, 0.5) is 0 Å². The first kappa shape index (κ1) is 21.4. The molecular formula is C21H22Cl3N5O. The molecular weight excluding hydrogens is 445 g/mol. The fourth-order valence-corrected chi connectivity index (χ4v) is 4.61. The van der Waals surface area contributed by atoms with E-state index in [4.69, 9.17) is 27.9 Å². The number of fused-ring (bicyclic) bond motifs is 3. The van der Waals surface area contributed by atoms with Crippen LogP contribution >= 0.6 is 35.6 Å². The SMILES string of the molecule is Cl.Clc1ccc2c(c1)CNCc1nnc(C3CCC(Oc4cccc(Cl)n4)CC3)n1-2. The Balaban J connectivity index is 0.00000218. The number of nitrogens with one attached hydrogen (secondary N) is 1. The van der Waals surface area contributed by atoms with E-state index >= 15 is 0 Å². The molecule has 1 aliphatic heterocycles. The van der Waals surface area contributed by atoms with Crippen molar-refractivity contribution in [3.8, 4) is 11.6 Å². The summed E-state index contributed by atoms with van der Waals surface area (Å²) < 4.78 is 8.26. The van der Waals surface area contributed by atoms with E-state index in [1.165, 1.54) is 5.56 Å². The molecule has 0 saturated heterocycles. The number of ether oxygens (including phenoxy) is 1. The van der Waals surface area contributed by atoms with Crippen molar-refractivity contribution in [1.29, 1.82) is 0 Å². The summed E-state index contributed by atoms with van der Waals surface area (Å²) in [5.41, 5.74) is 2.29. The van der Waals surface area contributed by atoms with Crippen LogP contribution < -0.4 is 10.1 Å². The van der Waals surface area contributed by atoms with Gasteiger partial charge in [0, 0.05) is 23.6 Å². The Kier molecular flexibility index (Phi) is 6.48. The van der Waals surface area contributed by atoms with Gasteiger partial charge in [-0.1, -0.05) is 29.3 Å². The van der Waals surface area contributed by atoms with Gasteiger partial charge in [0.2, 0.25) is 5.88 Å². The summed E-state index contributed by atoms with van der Waals surface area (Å²) in [5, 5.41) is 13.7. The summed E-state index contributed by atoms with van der Waals surface area (Å²) in [6.45, 7) is 1.46. The fraction of sp³-hybridized carbons (Fsp3) is 0.381. The summed E-state index contributed by atoms with van der Waals surface area (Å²) in [6, 6.07) is 11.5. The standard InChI is InChI=1S/C21H21Cl2N5O.ClH/c22-15-6-9-17-14(10-15)11-24-12-19-26-27-21(28(17)19)13-4-7-16(8-5-13)29-20-3-1-2-18(23)25-20;/h1-3,6,9-10,13,16,24H,4-5,7-8,11-12H2;1H. The van der Waals surface area contributed by atoms with Crippen molar-refractivity contribution in [1.82, 2.24) is 25.1 Å². The zero-order valence-corrected chi connectivity index (χ0v) is 18.6. The van der Waals surface area contributed by atoms with Crippen LogP contribution in [0, 0.1) is 0 Å². The number of hydrogen-bond acceptors (Lipinski definition) is 5. The second kappa shape index (κ2) is 9.10. The summed E-state index contributed by atoms with van der Waals surface area (Å²) in [7, 11) is 0.